The maximum Gasteiger partial charge on any atom is 0.249 e. The van der Waals surface area contributed by atoms with Crippen LogP contribution in [0.4, 0.5) is 0 Å². The van der Waals surface area contributed by atoms with Crippen molar-refractivity contribution < 1.29 is 20.1 Å². The minimum atomic E-state index is -1.12. The summed E-state index contributed by atoms with van der Waals surface area (Å²) in [5.74, 6) is -0.533. The number of unbranched alkanes of at least 4 members (excludes halogenated alkanes) is 15. The zero-order valence-electron chi connectivity index (χ0n) is 26.7. The minimum absolute atomic E-state index is 0.387. The lowest BCUT2D eigenvalue weighted by atomic mass is 10.1. The van der Waals surface area contributed by atoms with E-state index in [-0.39, 0.29) is 6.61 Å². The van der Waals surface area contributed by atoms with Crippen molar-refractivity contribution in [2.24, 2.45) is 0 Å². The number of carbonyl (C=O) groups is 1. The molecule has 0 heterocycles. The van der Waals surface area contributed by atoms with Crippen molar-refractivity contribution in [2.75, 3.05) is 6.61 Å². The fraction of sp³-hybridized carbons (Fsp3) is 0.750. The molecule has 238 valence electrons. The molecular formula is C36H65NO4. The lowest BCUT2D eigenvalue weighted by Gasteiger charge is -2.21. The van der Waals surface area contributed by atoms with E-state index in [1.807, 2.05) is 6.08 Å². The Balaban J connectivity index is 3.90. The number of allylic oxidation sites excluding steroid dienone is 7. The molecule has 0 aromatic rings. The van der Waals surface area contributed by atoms with Crippen LogP contribution in [0.3, 0.4) is 0 Å². The summed E-state index contributed by atoms with van der Waals surface area (Å²) in [6.07, 6.45) is 38.4. The number of hydrogen-bond donors (Lipinski definition) is 4. The molecule has 4 N–H and O–H groups in total. The highest BCUT2D eigenvalue weighted by Crippen LogP contribution is 2.11. The lowest BCUT2D eigenvalue weighted by molar-refractivity contribution is -0.131. The number of nitrogens with one attached hydrogen (secondary N) is 1. The Labute approximate surface area is 253 Å². The zero-order chi connectivity index (χ0) is 30.2. The fourth-order valence-electron chi connectivity index (χ4n) is 4.61. The van der Waals surface area contributed by atoms with Gasteiger partial charge in [0.25, 0.3) is 0 Å². The standard InChI is InChI=1S/C36H65NO4/c1-3-5-7-9-11-13-15-16-17-18-19-20-21-23-24-26-28-30-34(39)33(32-38)37-36(41)35(40)31-29-27-25-22-14-12-10-8-6-4-2/h10,12,17-18,21,23,28,30,33-35,38-40H,3-9,11,13-16,19-20,22,24-27,29,31-32H2,1-2H3,(H,37,41)/b12-10-,18-17+,23-21+,30-28+. The van der Waals surface area contributed by atoms with Crippen LogP contribution in [-0.4, -0.2) is 46.1 Å². The van der Waals surface area contributed by atoms with Crippen LogP contribution in [0, 0.1) is 0 Å². The van der Waals surface area contributed by atoms with E-state index >= 15 is 0 Å². The van der Waals surface area contributed by atoms with E-state index in [1.165, 1.54) is 64.2 Å². The van der Waals surface area contributed by atoms with Gasteiger partial charge in [-0.15, -0.1) is 0 Å². The molecule has 0 fully saturated rings. The van der Waals surface area contributed by atoms with E-state index in [4.69, 9.17) is 0 Å². The van der Waals surface area contributed by atoms with Crippen molar-refractivity contribution in [1.82, 2.24) is 5.32 Å². The van der Waals surface area contributed by atoms with Gasteiger partial charge in [-0.05, 0) is 64.2 Å². The summed E-state index contributed by atoms with van der Waals surface area (Å²) in [5, 5.41) is 32.7. The highest BCUT2D eigenvalue weighted by Gasteiger charge is 2.22. The molecule has 1 amide bonds. The van der Waals surface area contributed by atoms with Gasteiger partial charge in [0.2, 0.25) is 5.91 Å². The third-order valence-corrected chi connectivity index (χ3v) is 7.37. The molecule has 0 saturated carbocycles. The third-order valence-electron chi connectivity index (χ3n) is 7.37. The van der Waals surface area contributed by atoms with Crippen LogP contribution < -0.4 is 5.32 Å². The van der Waals surface area contributed by atoms with Crippen LogP contribution in [-0.2, 0) is 4.79 Å². The molecule has 5 heteroatoms. The van der Waals surface area contributed by atoms with Gasteiger partial charge in [0.1, 0.15) is 6.10 Å². The first-order valence-electron chi connectivity index (χ1n) is 17.0. The molecule has 3 atom stereocenters. The van der Waals surface area contributed by atoms with Gasteiger partial charge in [-0.25, -0.2) is 0 Å². The van der Waals surface area contributed by atoms with Crippen molar-refractivity contribution in [3.63, 3.8) is 0 Å². The van der Waals surface area contributed by atoms with Crippen LogP contribution in [0.2, 0.25) is 0 Å². The normalized spacial score (nSPS) is 14.6. The predicted molar refractivity (Wildman–Crippen MR) is 176 cm³/mol. The average Bonchev–Trinajstić information content (AvgIpc) is 2.98. The maximum atomic E-state index is 12.3. The van der Waals surface area contributed by atoms with Crippen molar-refractivity contribution in [3.8, 4) is 0 Å². The number of aliphatic hydroxyl groups is 3. The molecule has 0 aliphatic rings. The minimum Gasteiger partial charge on any atom is -0.394 e. The maximum absolute atomic E-state index is 12.3. The SMILES string of the molecule is CCCC/C=C\CCCCCCC(O)C(=O)NC(CO)C(O)/C=C/CC/C=C/CC/C=C/CCCCCCCCC. The van der Waals surface area contributed by atoms with E-state index in [9.17, 15) is 20.1 Å². The first-order valence-corrected chi connectivity index (χ1v) is 17.0. The van der Waals surface area contributed by atoms with Crippen molar-refractivity contribution in [2.45, 2.75) is 167 Å². The molecule has 5 nitrogen and oxygen atoms in total. The van der Waals surface area contributed by atoms with Gasteiger partial charge >= 0.3 is 0 Å². The Morgan fingerprint density at radius 1 is 0.585 bits per heavy atom. The van der Waals surface area contributed by atoms with E-state index in [0.717, 1.165) is 64.2 Å². The fourth-order valence-corrected chi connectivity index (χ4v) is 4.61. The summed E-state index contributed by atoms with van der Waals surface area (Å²) in [6, 6.07) is -0.823. The van der Waals surface area contributed by atoms with Crippen molar-refractivity contribution >= 4 is 5.91 Å². The molecule has 3 unspecified atom stereocenters. The summed E-state index contributed by atoms with van der Waals surface area (Å²) >= 11 is 0. The van der Waals surface area contributed by atoms with Crippen LogP contribution in [0.5, 0.6) is 0 Å². The van der Waals surface area contributed by atoms with E-state index in [2.05, 4.69) is 55.6 Å². The van der Waals surface area contributed by atoms with E-state index in [1.54, 1.807) is 6.08 Å². The predicted octanol–water partition coefficient (Wildman–Crippen LogP) is 8.64. The van der Waals surface area contributed by atoms with Crippen molar-refractivity contribution in [3.05, 3.63) is 48.6 Å². The topological polar surface area (TPSA) is 89.8 Å². The Bertz CT molecular complexity index is 685. The summed E-state index contributed by atoms with van der Waals surface area (Å²) < 4.78 is 0. The van der Waals surface area contributed by atoms with Crippen LogP contribution in [0.25, 0.3) is 0 Å². The molecule has 0 radical (unpaired) electrons. The second kappa shape index (κ2) is 31.3. The first kappa shape index (κ1) is 39.3. The van der Waals surface area contributed by atoms with Gasteiger partial charge in [-0.3, -0.25) is 4.79 Å². The number of hydrogen-bond acceptors (Lipinski definition) is 4. The largest absolute Gasteiger partial charge is 0.394 e. The molecule has 0 aromatic heterocycles. The highest BCUT2D eigenvalue weighted by atomic mass is 16.3. The number of carbonyl (C=O) groups excluding carboxylic acids is 1. The smallest absolute Gasteiger partial charge is 0.249 e. The molecule has 0 saturated heterocycles. The average molecular weight is 576 g/mol. The first-order chi connectivity index (χ1) is 20.1. The van der Waals surface area contributed by atoms with Crippen LogP contribution in [0.1, 0.15) is 149 Å². The number of aliphatic hydroxyl groups excluding tert-OH is 3. The molecule has 0 spiro atoms. The molecular weight excluding hydrogens is 510 g/mol. The van der Waals surface area contributed by atoms with Gasteiger partial charge < -0.3 is 20.6 Å². The van der Waals surface area contributed by atoms with Gasteiger partial charge in [0.05, 0.1) is 18.8 Å². The Morgan fingerprint density at radius 3 is 1.56 bits per heavy atom. The zero-order valence-corrected chi connectivity index (χ0v) is 26.7. The van der Waals surface area contributed by atoms with Crippen molar-refractivity contribution in [1.29, 1.82) is 0 Å². The molecule has 0 rings (SSSR count). The Kier molecular flexibility index (Phi) is 30.0. The summed E-state index contributed by atoms with van der Waals surface area (Å²) in [4.78, 5) is 12.3. The van der Waals surface area contributed by atoms with Gasteiger partial charge in [0, 0.05) is 0 Å². The third kappa shape index (κ3) is 26.9. The summed E-state index contributed by atoms with van der Waals surface area (Å²) in [5.41, 5.74) is 0. The van der Waals surface area contributed by atoms with E-state index in [0.29, 0.717) is 6.42 Å². The lowest BCUT2D eigenvalue weighted by Crippen LogP contribution is -2.48. The Hall–Kier alpha value is -1.69. The van der Waals surface area contributed by atoms with Gasteiger partial charge in [0.15, 0.2) is 0 Å². The molecule has 0 aliphatic carbocycles. The quantitative estimate of drug-likeness (QED) is 0.0531. The Morgan fingerprint density at radius 2 is 1.02 bits per heavy atom. The second-order valence-electron chi connectivity index (χ2n) is 11.3. The molecule has 0 aromatic carbocycles. The number of amides is 1. The molecule has 0 bridgehead atoms. The number of rotatable bonds is 29. The van der Waals surface area contributed by atoms with Gasteiger partial charge in [-0.1, -0.05) is 133 Å². The van der Waals surface area contributed by atoms with Gasteiger partial charge in [-0.2, -0.15) is 0 Å². The monoisotopic (exact) mass is 575 g/mol. The van der Waals surface area contributed by atoms with Crippen LogP contribution in [0.15, 0.2) is 48.6 Å². The van der Waals surface area contributed by atoms with Crippen LogP contribution >= 0.6 is 0 Å². The highest BCUT2D eigenvalue weighted by molar-refractivity contribution is 5.80. The van der Waals surface area contributed by atoms with E-state index < -0.39 is 24.2 Å². The molecule has 0 aliphatic heterocycles. The summed E-state index contributed by atoms with van der Waals surface area (Å²) in [6.45, 7) is 4.07. The molecule has 41 heavy (non-hydrogen) atoms. The second-order valence-corrected chi connectivity index (χ2v) is 11.3. The summed E-state index contributed by atoms with van der Waals surface area (Å²) in [7, 11) is 0.